The minimum absolute atomic E-state index is 0.0844. The fourth-order valence-electron chi connectivity index (χ4n) is 8.02. The molecule has 8 unspecified atom stereocenters. The third-order valence-electron chi connectivity index (χ3n) is 10.7. The number of fused-ring (bicyclic) bond motifs is 1. The molecule has 2 saturated carbocycles. The molecular formula is C31H53O18+. The molecule has 5 rings (SSSR count). The van der Waals surface area contributed by atoms with Gasteiger partial charge in [-0.1, -0.05) is 0 Å². The van der Waals surface area contributed by atoms with Crippen molar-refractivity contribution in [2.45, 2.75) is 149 Å². The van der Waals surface area contributed by atoms with Gasteiger partial charge in [-0.2, -0.15) is 0 Å². The van der Waals surface area contributed by atoms with E-state index in [4.69, 9.17) is 37.9 Å². The molecule has 10 N–H and O–H groups in total. The average molecular weight is 714 g/mol. The van der Waals surface area contributed by atoms with Gasteiger partial charge in [0.25, 0.3) is 0 Å². The summed E-state index contributed by atoms with van der Waals surface area (Å²) < 4.78 is 45.2. The first-order chi connectivity index (χ1) is 23.3. The van der Waals surface area contributed by atoms with Gasteiger partial charge < -0.3 is 83.9 Å². The molecule has 0 aromatic rings. The Morgan fingerprint density at radius 1 is 0.673 bits per heavy atom. The van der Waals surface area contributed by atoms with Gasteiger partial charge in [0.1, 0.15) is 67.6 Å². The molecule has 0 aromatic heterocycles. The number of esters is 1. The summed E-state index contributed by atoms with van der Waals surface area (Å²) in [5.74, 6) is -1.40. The molecule has 3 heterocycles. The lowest BCUT2D eigenvalue weighted by atomic mass is 9.72. The van der Waals surface area contributed by atoms with Crippen LogP contribution in [0.5, 0.6) is 0 Å². The van der Waals surface area contributed by atoms with Crippen molar-refractivity contribution >= 4 is 5.97 Å². The number of rotatable bonds is 10. The highest BCUT2D eigenvalue weighted by Crippen LogP contribution is 2.44. The first-order valence-electron chi connectivity index (χ1n) is 16.8. The summed E-state index contributed by atoms with van der Waals surface area (Å²) >= 11 is 0. The zero-order valence-electron chi connectivity index (χ0n) is 27.7. The average Bonchev–Trinajstić information content (AvgIpc) is 3.08. The van der Waals surface area contributed by atoms with Crippen LogP contribution < -0.4 is 0 Å². The molecule has 5 aliphatic rings. The molecule has 0 amide bonds. The van der Waals surface area contributed by atoms with Gasteiger partial charge in [0.15, 0.2) is 24.8 Å². The van der Waals surface area contributed by atoms with E-state index in [9.17, 15) is 50.8 Å². The fraction of sp³-hybridized carbons (Fsp3) is 0.968. The first-order valence-corrected chi connectivity index (χ1v) is 16.8. The van der Waals surface area contributed by atoms with Gasteiger partial charge in [-0.25, -0.2) is 0 Å². The van der Waals surface area contributed by atoms with Crippen LogP contribution in [0.15, 0.2) is 0 Å². The van der Waals surface area contributed by atoms with Crippen molar-refractivity contribution in [1.29, 1.82) is 0 Å². The lowest BCUT2D eigenvalue weighted by molar-refractivity contribution is -0.368. The zero-order chi connectivity index (χ0) is 35.7. The monoisotopic (exact) mass is 713 g/mol. The summed E-state index contributed by atoms with van der Waals surface area (Å²) in [5.41, 5.74) is 0. The van der Waals surface area contributed by atoms with Crippen molar-refractivity contribution in [2.75, 3.05) is 27.4 Å². The summed E-state index contributed by atoms with van der Waals surface area (Å²) in [7, 11) is 2.96. The molecule has 49 heavy (non-hydrogen) atoms. The number of carbonyl (C=O) groups excluding carboxylic acids is 1. The maximum Gasteiger partial charge on any atom is 0.302 e. The van der Waals surface area contributed by atoms with Crippen LogP contribution in [0.25, 0.3) is 0 Å². The van der Waals surface area contributed by atoms with Gasteiger partial charge in [-0.05, 0) is 19.3 Å². The Labute approximate surface area is 283 Å². The minimum atomic E-state index is -1.70. The van der Waals surface area contributed by atoms with Gasteiger partial charge in [-0.15, -0.1) is 0 Å². The molecule has 3 aliphatic heterocycles. The molecule has 2 aliphatic carbocycles. The van der Waals surface area contributed by atoms with Gasteiger partial charge in [-0.3, -0.25) is 4.79 Å². The number of hydrogen-bond donors (Lipinski definition) is 9. The molecule has 284 valence electrons. The summed E-state index contributed by atoms with van der Waals surface area (Å²) in [6, 6.07) is 0. The Hall–Kier alpha value is -1.17. The molecule has 0 aromatic carbocycles. The van der Waals surface area contributed by atoms with Crippen LogP contribution in [0.3, 0.4) is 0 Å². The standard InChI is InChI=1S/C31H52O18/c1-11(33)44-10-21-24(37)26(39)28(41)30(49-21)46-16-7-13(34)6-15-14(16)8-19(47-31-27(40)25(38)23(36)20(9-32)48-31)29(45-15)12-4-17(42-2)22(35)18(5-12)43-3/h12-32,34-41H,4-10H2,1-3H3/p+1/t12?,13?,14?,15?,16?,17?,18?,19?,20-,21-,22?,23-,24-,25+,26+,27-,28-,29?,30-,31-/m1/s1. The van der Waals surface area contributed by atoms with Crippen molar-refractivity contribution in [1.82, 2.24) is 0 Å². The van der Waals surface area contributed by atoms with Crippen LogP contribution in [0.2, 0.25) is 0 Å². The second-order valence-corrected chi connectivity index (χ2v) is 13.9. The Kier molecular flexibility index (Phi) is 13.3. The summed E-state index contributed by atoms with van der Waals surface area (Å²) in [5, 5.41) is 94.9. The highest BCUT2D eigenvalue weighted by atomic mass is 16.7. The predicted molar refractivity (Wildman–Crippen MR) is 160 cm³/mol. The smallest absolute Gasteiger partial charge is 0.302 e. The van der Waals surface area contributed by atoms with E-state index >= 15 is 0 Å². The lowest BCUT2D eigenvalue weighted by Gasteiger charge is -2.50. The molecule has 18 nitrogen and oxygen atoms in total. The molecule has 3 saturated heterocycles. The number of aliphatic hydroxyl groups is 11. The van der Waals surface area contributed by atoms with Crippen molar-refractivity contribution in [3.05, 3.63) is 0 Å². The van der Waals surface area contributed by atoms with E-state index < -0.39 is 135 Å². The van der Waals surface area contributed by atoms with E-state index in [1.54, 1.807) is 0 Å². The Morgan fingerprint density at radius 3 is 1.78 bits per heavy atom. The highest BCUT2D eigenvalue weighted by Gasteiger charge is 2.57. The Balaban J connectivity index is 1.40. The third-order valence-corrected chi connectivity index (χ3v) is 10.7. The molecule has 5 fully saturated rings. The number of carbonyl (C=O) groups is 1. The molecule has 18 heteroatoms. The van der Waals surface area contributed by atoms with Crippen LogP contribution in [-0.4, -0.2) is 194 Å². The quantitative estimate of drug-likeness (QED) is 0.0759. The first kappa shape index (κ1) is 39.0. The fourth-order valence-corrected chi connectivity index (χ4v) is 8.02. The summed E-state index contributed by atoms with van der Waals surface area (Å²) in [4.78, 5) is 11.4. The second-order valence-electron chi connectivity index (χ2n) is 13.9. The minimum Gasteiger partial charge on any atom is -0.463 e. The van der Waals surface area contributed by atoms with Crippen LogP contribution in [0, 0.1) is 11.8 Å². The van der Waals surface area contributed by atoms with E-state index in [1.807, 2.05) is 0 Å². The van der Waals surface area contributed by atoms with Crippen molar-refractivity contribution in [3.8, 4) is 0 Å². The zero-order valence-corrected chi connectivity index (χ0v) is 27.7. The molecule has 0 radical (unpaired) electrons. The van der Waals surface area contributed by atoms with Crippen LogP contribution in [0.1, 0.15) is 39.0 Å². The van der Waals surface area contributed by atoms with Crippen molar-refractivity contribution in [3.63, 3.8) is 0 Å². The molecule has 0 bridgehead atoms. The maximum absolute atomic E-state index is 11.4. The summed E-state index contributed by atoms with van der Waals surface area (Å²) in [6.07, 6.45) is -19.8. The number of aliphatic hydroxyl groups excluding tert-OH is 9. The molecular weight excluding hydrogens is 660 g/mol. The number of methoxy groups -OCH3 is 2. The van der Waals surface area contributed by atoms with Gasteiger partial charge in [0.2, 0.25) is 0 Å². The van der Waals surface area contributed by atoms with Crippen molar-refractivity contribution in [2.24, 2.45) is 11.8 Å². The predicted octanol–water partition coefficient (Wildman–Crippen LogP) is -4.83. The van der Waals surface area contributed by atoms with E-state index in [0.29, 0.717) is 12.8 Å². The second kappa shape index (κ2) is 16.7. The van der Waals surface area contributed by atoms with Gasteiger partial charge >= 0.3 is 5.97 Å². The highest BCUT2D eigenvalue weighted by molar-refractivity contribution is 5.65. The number of hydrogen-bond acceptors (Lipinski definition) is 17. The summed E-state index contributed by atoms with van der Waals surface area (Å²) in [6.45, 7) is 0.101. The lowest BCUT2D eigenvalue weighted by Crippen LogP contribution is -2.64. The van der Waals surface area contributed by atoms with E-state index in [0.717, 1.165) is 0 Å². The van der Waals surface area contributed by atoms with Gasteiger partial charge in [0.05, 0.1) is 36.9 Å². The Bertz CT molecular complexity index is 1050. The van der Waals surface area contributed by atoms with Crippen LogP contribution >= 0.6 is 0 Å². The topological polar surface area (TPSA) is 277 Å². The third kappa shape index (κ3) is 8.40. The molecule has 18 atom stereocenters. The number of ether oxygens (including phenoxy) is 8. The van der Waals surface area contributed by atoms with Crippen LogP contribution in [0.4, 0.5) is 0 Å². The van der Waals surface area contributed by atoms with E-state index in [-0.39, 0.29) is 25.2 Å². The maximum atomic E-state index is 11.4. The van der Waals surface area contributed by atoms with Crippen LogP contribution in [-0.2, 0) is 38.0 Å². The van der Waals surface area contributed by atoms with E-state index in [1.165, 1.54) is 21.1 Å². The normalized spacial score (nSPS) is 50.8. The van der Waals surface area contributed by atoms with Crippen molar-refractivity contribution < 1.29 is 88.6 Å². The Morgan fingerprint density at radius 2 is 1.22 bits per heavy atom. The van der Waals surface area contributed by atoms with E-state index in [2.05, 4.69) is 0 Å². The molecule has 0 spiro atoms. The SMILES string of the molecule is COC1CC(C2[OH+]C3CC(O)CC(O[C@@H]4O[C@H](COC(C)=O)[C@@H](O)[C@H](O)[C@H]4O)C3CC2O[C@@H]2O[C@H](CO)[C@@H](O)[C@H](O)[C@H]2O)CC(OC)C1O. The van der Waals surface area contributed by atoms with Gasteiger partial charge in [0, 0.05) is 39.9 Å². The largest absolute Gasteiger partial charge is 0.463 e.